The van der Waals surface area contributed by atoms with Gasteiger partial charge in [0.05, 0.1) is 7.11 Å². The van der Waals surface area contributed by atoms with Gasteiger partial charge in [0.25, 0.3) is 11.8 Å². The second-order valence-corrected chi connectivity index (χ2v) is 7.44. The number of phenolic OH excluding ortho intramolecular Hbond substituents is 1. The van der Waals surface area contributed by atoms with E-state index in [2.05, 4.69) is 17.5 Å². The second kappa shape index (κ2) is 10.5. The number of phenols is 1. The number of nitrogens with zero attached hydrogens (tertiary/aromatic N) is 1. The van der Waals surface area contributed by atoms with E-state index in [1.807, 2.05) is 0 Å². The van der Waals surface area contributed by atoms with Gasteiger partial charge in [0.15, 0.2) is 0 Å². The van der Waals surface area contributed by atoms with Crippen molar-refractivity contribution in [1.29, 1.82) is 0 Å². The normalized spacial score (nSPS) is 11.5. The minimum Gasteiger partial charge on any atom is -0.508 e. The molecule has 4 N–H and O–H groups in total. The summed E-state index contributed by atoms with van der Waals surface area (Å²) in [4.78, 5) is 24.4. The molecule has 0 unspecified atom stereocenters. The monoisotopic (exact) mass is 437 g/mol. The topological polar surface area (TPSA) is 127 Å². The lowest BCUT2D eigenvalue weighted by molar-refractivity contribution is 0.0946. The van der Waals surface area contributed by atoms with Crippen LogP contribution in [0.2, 0.25) is 0 Å². The van der Waals surface area contributed by atoms with Crippen LogP contribution in [-0.2, 0) is 6.42 Å². The Labute approximate surface area is 185 Å². The number of benzene rings is 2. The summed E-state index contributed by atoms with van der Waals surface area (Å²) in [5.41, 5.74) is 9.14. The summed E-state index contributed by atoms with van der Waals surface area (Å²) in [6, 6.07) is 11.3. The van der Waals surface area contributed by atoms with Crippen LogP contribution >= 0.6 is 0 Å². The van der Waals surface area contributed by atoms with Gasteiger partial charge >= 0.3 is 0 Å². The Morgan fingerprint density at radius 3 is 2.69 bits per heavy atom. The second-order valence-electron chi connectivity index (χ2n) is 7.44. The third kappa shape index (κ3) is 5.46. The van der Waals surface area contributed by atoms with Gasteiger partial charge in [-0.2, -0.15) is 0 Å². The van der Waals surface area contributed by atoms with Crippen molar-refractivity contribution in [2.75, 3.05) is 7.11 Å². The maximum Gasteiger partial charge on any atom is 0.271 e. The van der Waals surface area contributed by atoms with Gasteiger partial charge in [0.2, 0.25) is 5.55 Å². The number of amides is 2. The van der Waals surface area contributed by atoms with Crippen LogP contribution in [0.4, 0.5) is 0 Å². The zero-order valence-electron chi connectivity index (χ0n) is 18.2. The fourth-order valence-electron chi connectivity index (χ4n) is 3.34. The van der Waals surface area contributed by atoms with Gasteiger partial charge in [0.1, 0.15) is 22.6 Å². The summed E-state index contributed by atoms with van der Waals surface area (Å²) in [5.74, 6) is -0.634. The number of fused-ring (bicyclic) bond motifs is 1. The van der Waals surface area contributed by atoms with E-state index < -0.39 is 11.8 Å². The number of aryl methyl sites for hydroxylation is 1. The molecule has 0 spiro atoms. The number of nitrogens with one attached hydrogen (secondary N) is 1. The lowest BCUT2D eigenvalue weighted by Gasteiger charge is -2.08. The molecule has 0 atom stereocenters. The van der Waals surface area contributed by atoms with Gasteiger partial charge in [-0.25, -0.2) is 5.43 Å². The van der Waals surface area contributed by atoms with Crippen LogP contribution in [0.1, 0.15) is 58.9 Å². The Balaban J connectivity index is 1.92. The zero-order valence-corrected chi connectivity index (χ0v) is 18.2. The van der Waals surface area contributed by atoms with Crippen molar-refractivity contribution in [2.45, 2.75) is 39.0 Å². The molecule has 0 fully saturated rings. The van der Waals surface area contributed by atoms with Crippen molar-refractivity contribution < 1.29 is 23.8 Å². The van der Waals surface area contributed by atoms with E-state index in [-0.39, 0.29) is 16.9 Å². The molecule has 0 saturated carbocycles. The van der Waals surface area contributed by atoms with Crippen LogP contribution in [0.3, 0.4) is 0 Å². The van der Waals surface area contributed by atoms with Crippen LogP contribution < -0.4 is 21.5 Å². The first kappa shape index (κ1) is 22.9. The molecule has 1 heterocycles. The molecular formula is C24H27N3O5. The maximum absolute atomic E-state index is 12.4. The number of nitrogens with two attached hydrogens (primary N) is 1. The van der Waals surface area contributed by atoms with Crippen molar-refractivity contribution in [2.24, 2.45) is 10.8 Å². The van der Waals surface area contributed by atoms with Gasteiger partial charge in [-0.05, 0) is 48.7 Å². The van der Waals surface area contributed by atoms with Gasteiger partial charge in [-0.3, -0.25) is 9.59 Å². The minimum atomic E-state index is -0.748. The van der Waals surface area contributed by atoms with Crippen LogP contribution in [0.15, 0.2) is 52.0 Å². The number of hydrogen-bond acceptors (Lipinski definition) is 6. The average Bonchev–Trinajstić information content (AvgIpc) is 2.79. The number of methoxy groups -OCH3 is 1. The number of primary amides is 1. The van der Waals surface area contributed by atoms with E-state index in [0.717, 1.165) is 37.7 Å². The molecule has 0 saturated heterocycles. The highest BCUT2D eigenvalue weighted by Crippen LogP contribution is 2.26. The Kier molecular flexibility index (Phi) is 7.49. The Morgan fingerprint density at radius 1 is 1.16 bits per heavy atom. The van der Waals surface area contributed by atoms with Crippen LogP contribution in [0.25, 0.3) is 11.0 Å². The summed E-state index contributed by atoms with van der Waals surface area (Å²) < 4.78 is 10.8. The number of ether oxygens (including phenoxy) is 1. The summed E-state index contributed by atoms with van der Waals surface area (Å²) in [6.45, 7) is 2.14. The SMILES string of the molecule is CCCCCCc1cc2cc(C(N)=O)/c(=N/NC(=O)c3cccc(OC)c3)oc2cc1O. The summed E-state index contributed by atoms with van der Waals surface area (Å²) in [5, 5.41) is 14.9. The largest absolute Gasteiger partial charge is 0.508 e. The predicted octanol–water partition coefficient (Wildman–Crippen LogP) is 3.61. The molecule has 3 rings (SSSR count). The van der Waals surface area contributed by atoms with Crippen molar-refractivity contribution >= 4 is 22.8 Å². The smallest absolute Gasteiger partial charge is 0.271 e. The molecule has 0 radical (unpaired) electrons. The summed E-state index contributed by atoms with van der Waals surface area (Å²) in [6.07, 6.45) is 5.02. The molecule has 32 heavy (non-hydrogen) atoms. The van der Waals surface area contributed by atoms with E-state index >= 15 is 0 Å². The van der Waals surface area contributed by atoms with Crippen molar-refractivity contribution in [3.63, 3.8) is 0 Å². The quantitative estimate of drug-likeness (QED) is 0.348. The number of carbonyl (C=O) groups excluding carboxylic acids is 2. The minimum absolute atomic E-state index is 0.0195. The average molecular weight is 437 g/mol. The number of hydrogen-bond donors (Lipinski definition) is 3. The van der Waals surface area contributed by atoms with Crippen LogP contribution in [0.5, 0.6) is 11.5 Å². The Morgan fingerprint density at radius 2 is 1.97 bits per heavy atom. The lowest BCUT2D eigenvalue weighted by atomic mass is 10.0. The highest BCUT2D eigenvalue weighted by molar-refractivity contribution is 5.96. The highest BCUT2D eigenvalue weighted by atomic mass is 16.5. The first-order chi connectivity index (χ1) is 15.4. The molecular weight excluding hydrogens is 410 g/mol. The highest BCUT2D eigenvalue weighted by Gasteiger charge is 2.13. The van der Waals surface area contributed by atoms with Gasteiger partial charge in [-0.15, -0.1) is 5.10 Å². The molecule has 0 aliphatic carbocycles. The molecule has 8 heteroatoms. The fourth-order valence-corrected chi connectivity index (χ4v) is 3.34. The van der Waals surface area contributed by atoms with Crippen molar-refractivity contribution in [3.05, 3.63) is 64.7 Å². The van der Waals surface area contributed by atoms with E-state index in [0.29, 0.717) is 22.3 Å². The standard InChI is InChI=1S/C24H27N3O5/c1-3-4-5-6-8-15-11-17-13-19(22(25)29)24(32-21(17)14-20(15)28)27-26-23(30)16-9-7-10-18(12-16)31-2/h7,9-14,28H,3-6,8H2,1-2H3,(H2,25,29)(H,26,30)/b27-24-. The number of unbranched alkanes of at least 4 members (excludes halogenated alkanes) is 3. The molecule has 2 aromatic carbocycles. The molecule has 8 nitrogen and oxygen atoms in total. The molecule has 0 bridgehead atoms. The molecule has 2 amide bonds. The molecule has 0 aliphatic rings. The molecule has 3 aromatic rings. The summed E-state index contributed by atoms with van der Waals surface area (Å²) >= 11 is 0. The molecule has 168 valence electrons. The first-order valence-electron chi connectivity index (χ1n) is 10.5. The number of carbonyl (C=O) groups is 2. The lowest BCUT2D eigenvalue weighted by Crippen LogP contribution is -2.27. The van der Waals surface area contributed by atoms with E-state index in [1.54, 1.807) is 36.4 Å². The third-order valence-corrected chi connectivity index (χ3v) is 5.10. The molecule has 1 aromatic heterocycles. The fraction of sp³-hybridized carbons (Fsp3) is 0.292. The molecule has 0 aliphatic heterocycles. The number of aromatic hydroxyl groups is 1. The van der Waals surface area contributed by atoms with Gasteiger partial charge in [-0.1, -0.05) is 32.3 Å². The maximum atomic E-state index is 12.4. The van der Waals surface area contributed by atoms with Gasteiger partial charge in [0, 0.05) is 17.0 Å². The van der Waals surface area contributed by atoms with Crippen LogP contribution in [0, 0.1) is 0 Å². The third-order valence-electron chi connectivity index (χ3n) is 5.10. The van der Waals surface area contributed by atoms with Crippen molar-refractivity contribution in [3.8, 4) is 11.5 Å². The Hall–Kier alpha value is -3.81. The van der Waals surface area contributed by atoms with E-state index in [9.17, 15) is 14.7 Å². The zero-order chi connectivity index (χ0) is 23.1. The van der Waals surface area contributed by atoms with E-state index in [1.165, 1.54) is 13.2 Å². The number of rotatable bonds is 9. The van der Waals surface area contributed by atoms with Crippen molar-refractivity contribution in [1.82, 2.24) is 5.43 Å². The Bertz CT molecular complexity index is 1200. The predicted molar refractivity (Wildman–Crippen MR) is 120 cm³/mol. The van der Waals surface area contributed by atoms with Crippen LogP contribution in [-0.4, -0.2) is 24.0 Å². The first-order valence-corrected chi connectivity index (χ1v) is 10.5. The summed E-state index contributed by atoms with van der Waals surface area (Å²) in [7, 11) is 1.50. The van der Waals surface area contributed by atoms with E-state index in [4.69, 9.17) is 14.9 Å². The van der Waals surface area contributed by atoms with Gasteiger partial charge < -0.3 is 20.0 Å².